The second kappa shape index (κ2) is 10.2. The first kappa shape index (κ1) is 24.1. The normalized spacial score (nSPS) is 16.8. The average Bonchev–Trinajstić information content (AvgIpc) is 3.18. The van der Waals surface area contributed by atoms with Crippen LogP contribution in [-0.4, -0.2) is 35.4 Å². The number of aliphatic hydroxyl groups excluding tert-OH is 1. The summed E-state index contributed by atoms with van der Waals surface area (Å²) in [6, 6.07) is 27.0. The van der Waals surface area contributed by atoms with E-state index in [1.807, 2.05) is 91.9 Å². The van der Waals surface area contributed by atoms with Crippen molar-refractivity contribution < 1.29 is 24.2 Å². The number of ether oxygens (including phenoxy) is 2. The number of carbonyl (C=O) groups is 2. The van der Waals surface area contributed by atoms with Crippen molar-refractivity contribution in [2.24, 2.45) is 0 Å². The molecule has 1 fully saturated rings. The van der Waals surface area contributed by atoms with Gasteiger partial charge in [0.25, 0.3) is 11.7 Å². The maximum atomic E-state index is 13.5. The SMILES string of the molecule is CCOc1cccc(C2/C(=C(/O)c3cccc4ccccc34)C(=O)C(=O)N2Cc2ccc(OC)cc2)c1. The van der Waals surface area contributed by atoms with E-state index < -0.39 is 17.7 Å². The molecule has 0 aromatic heterocycles. The minimum absolute atomic E-state index is 0.0588. The molecule has 186 valence electrons. The van der Waals surface area contributed by atoms with Crippen LogP contribution in [-0.2, 0) is 16.1 Å². The second-order valence-electron chi connectivity index (χ2n) is 8.81. The first-order chi connectivity index (χ1) is 18.0. The molecule has 37 heavy (non-hydrogen) atoms. The van der Waals surface area contributed by atoms with Gasteiger partial charge in [0.15, 0.2) is 0 Å². The Hall–Kier alpha value is -4.58. The number of ketones is 1. The lowest BCUT2D eigenvalue weighted by Gasteiger charge is -2.26. The van der Waals surface area contributed by atoms with E-state index in [4.69, 9.17) is 9.47 Å². The van der Waals surface area contributed by atoms with E-state index in [0.717, 1.165) is 16.3 Å². The largest absolute Gasteiger partial charge is 0.507 e. The molecule has 1 amide bonds. The Bertz CT molecular complexity index is 1500. The number of aliphatic hydroxyl groups is 1. The maximum absolute atomic E-state index is 13.5. The first-order valence-electron chi connectivity index (χ1n) is 12.1. The van der Waals surface area contributed by atoms with Crippen molar-refractivity contribution in [1.29, 1.82) is 0 Å². The summed E-state index contributed by atoms with van der Waals surface area (Å²) >= 11 is 0. The Labute approximate surface area is 215 Å². The van der Waals surface area contributed by atoms with Gasteiger partial charge in [-0.2, -0.15) is 0 Å². The van der Waals surface area contributed by atoms with Crippen molar-refractivity contribution in [2.75, 3.05) is 13.7 Å². The van der Waals surface area contributed by atoms with Gasteiger partial charge in [0.2, 0.25) is 0 Å². The molecule has 6 heteroatoms. The summed E-state index contributed by atoms with van der Waals surface area (Å²) in [6.45, 7) is 2.55. The molecule has 4 aromatic carbocycles. The van der Waals surface area contributed by atoms with Gasteiger partial charge in [-0.3, -0.25) is 9.59 Å². The van der Waals surface area contributed by atoms with Gasteiger partial charge in [-0.25, -0.2) is 0 Å². The van der Waals surface area contributed by atoms with E-state index in [1.54, 1.807) is 13.2 Å². The Morgan fingerprint density at radius 1 is 0.892 bits per heavy atom. The summed E-state index contributed by atoms with van der Waals surface area (Å²) in [5, 5.41) is 13.3. The molecule has 5 rings (SSSR count). The van der Waals surface area contributed by atoms with E-state index in [0.29, 0.717) is 29.2 Å². The number of carbonyl (C=O) groups excluding carboxylic acids is 2. The molecular weight excluding hydrogens is 466 g/mol. The number of likely N-dealkylation sites (tertiary alicyclic amines) is 1. The van der Waals surface area contributed by atoms with Gasteiger partial charge in [-0.05, 0) is 53.1 Å². The Morgan fingerprint density at radius 3 is 2.38 bits per heavy atom. The highest BCUT2D eigenvalue weighted by Crippen LogP contribution is 2.42. The number of Topliss-reactive ketones (excluding diaryl/α,β-unsaturated/α-hetero) is 1. The molecule has 0 bridgehead atoms. The number of fused-ring (bicyclic) bond motifs is 1. The Balaban J connectivity index is 1.67. The molecule has 0 aliphatic carbocycles. The summed E-state index contributed by atoms with van der Waals surface area (Å²) in [7, 11) is 1.59. The van der Waals surface area contributed by atoms with E-state index in [2.05, 4.69) is 0 Å². The summed E-state index contributed by atoms with van der Waals surface area (Å²) in [5.41, 5.74) is 2.08. The molecule has 0 spiro atoms. The lowest BCUT2D eigenvalue weighted by molar-refractivity contribution is -0.140. The van der Waals surface area contributed by atoms with Crippen molar-refractivity contribution in [1.82, 2.24) is 4.90 Å². The summed E-state index contributed by atoms with van der Waals surface area (Å²) in [5.74, 6) is -0.253. The van der Waals surface area contributed by atoms with Crippen LogP contribution in [0.2, 0.25) is 0 Å². The number of benzene rings is 4. The van der Waals surface area contributed by atoms with Crippen molar-refractivity contribution in [3.05, 3.63) is 113 Å². The van der Waals surface area contributed by atoms with Crippen LogP contribution in [0.15, 0.2) is 96.6 Å². The topological polar surface area (TPSA) is 76.1 Å². The van der Waals surface area contributed by atoms with Gasteiger partial charge in [-0.15, -0.1) is 0 Å². The van der Waals surface area contributed by atoms with Crippen LogP contribution >= 0.6 is 0 Å². The predicted molar refractivity (Wildman–Crippen MR) is 142 cm³/mol. The highest BCUT2D eigenvalue weighted by Gasteiger charge is 2.46. The van der Waals surface area contributed by atoms with Crippen molar-refractivity contribution in [3.8, 4) is 11.5 Å². The van der Waals surface area contributed by atoms with Crippen LogP contribution in [0.3, 0.4) is 0 Å². The highest BCUT2D eigenvalue weighted by molar-refractivity contribution is 6.46. The molecule has 1 N–H and O–H groups in total. The summed E-state index contributed by atoms with van der Waals surface area (Å²) in [6.07, 6.45) is 0. The van der Waals surface area contributed by atoms with Gasteiger partial charge in [-0.1, -0.05) is 66.7 Å². The molecule has 1 aliphatic rings. The van der Waals surface area contributed by atoms with Crippen LogP contribution < -0.4 is 9.47 Å². The number of nitrogens with zero attached hydrogens (tertiary/aromatic N) is 1. The minimum atomic E-state index is -0.790. The zero-order valence-corrected chi connectivity index (χ0v) is 20.7. The molecule has 1 heterocycles. The molecule has 1 aliphatic heterocycles. The van der Waals surface area contributed by atoms with Crippen molar-refractivity contribution >= 4 is 28.2 Å². The first-order valence-corrected chi connectivity index (χ1v) is 12.1. The number of hydrogen-bond donors (Lipinski definition) is 1. The zero-order chi connectivity index (χ0) is 25.9. The molecule has 1 atom stereocenters. The zero-order valence-electron chi connectivity index (χ0n) is 20.7. The average molecular weight is 494 g/mol. The number of methoxy groups -OCH3 is 1. The smallest absolute Gasteiger partial charge is 0.295 e. The van der Waals surface area contributed by atoms with Gasteiger partial charge in [0.1, 0.15) is 17.3 Å². The third-order valence-corrected chi connectivity index (χ3v) is 6.58. The standard InChI is InChI=1S/C31H27NO5/c1-3-37-24-11-6-10-22(18-24)28-27(29(33)26-13-7-9-21-8-4-5-12-25(21)26)30(34)31(35)32(28)19-20-14-16-23(36-2)17-15-20/h4-18,28,33H,3,19H2,1-2H3/b29-27-. The molecule has 6 nitrogen and oxygen atoms in total. The predicted octanol–water partition coefficient (Wildman–Crippen LogP) is 5.87. The fourth-order valence-electron chi connectivity index (χ4n) is 4.84. The van der Waals surface area contributed by atoms with E-state index >= 15 is 0 Å². The number of rotatable bonds is 7. The quantitative estimate of drug-likeness (QED) is 0.198. The summed E-state index contributed by atoms with van der Waals surface area (Å²) in [4.78, 5) is 28.4. The van der Waals surface area contributed by atoms with E-state index in [9.17, 15) is 14.7 Å². The van der Waals surface area contributed by atoms with E-state index in [-0.39, 0.29) is 17.9 Å². The number of hydrogen-bond acceptors (Lipinski definition) is 5. The number of amides is 1. The fourth-order valence-corrected chi connectivity index (χ4v) is 4.84. The molecule has 0 saturated carbocycles. The molecule has 4 aromatic rings. The van der Waals surface area contributed by atoms with Crippen molar-refractivity contribution in [3.63, 3.8) is 0 Å². The van der Waals surface area contributed by atoms with Gasteiger partial charge in [0.05, 0.1) is 25.3 Å². The van der Waals surface area contributed by atoms with Crippen molar-refractivity contribution in [2.45, 2.75) is 19.5 Å². The molecule has 0 radical (unpaired) electrons. The summed E-state index contributed by atoms with van der Waals surface area (Å²) < 4.78 is 10.9. The lowest BCUT2D eigenvalue weighted by atomic mass is 9.93. The Kier molecular flexibility index (Phi) is 6.64. The third-order valence-electron chi connectivity index (χ3n) is 6.58. The maximum Gasteiger partial charge on any atom is 0.295 e. The Morgan fingerprint density at radius 2 is 1.62 bits per heavy atom. The third kappa shape index (κ3) is 4.54. The minimum Gasteiger partial charge on any atom is -0.507 e. The fraction of sp³-hybridized carbons (Fsp3) is 0.161. The van der Waals surface area contributed by atoms with Crippen LogP contribution in [0, 0.1) is 0 Å². The van der Waals surface area contributed by atoms with Crippen LogP contribution in [0.4, 0.5) is 0 Å². The van der Waals surface area contributed by atoms with E-state index in [1.165, 1.54) is 4.90 Å². The second-order valence-corrected chi connectivity index (χ2v) is 8.81. The highest BCUT2D eigenvalue weighted by atomic mass is 16.5. The molecular formula is C31H27NO5. The lowest BCUT2D eigenvalue weighted by Crippen LogP contribution is -2.29. The molecule has 1 saturated heterocycles. The van der Waals surface area contributed by atoms with Crippen LogP contribution in [0.25, 0.3) is 16.5 Å². The molecule has 1 unspecified atom stereocenters. The van der Waals surface area contributed by atoms with Crippen LogP contribution in [0.1, 0.15) is 29.7 Å². The van der Waals surface area contributed by atoms with Gasteiger partial charge in [0, 0.05) is 12.1 Å². The van der Waals surface area contributed by atoms with Crippen LogP contribution in [0.5, 0.6) is 11.5 Å². The van der Waals surface area contributed by atoms with Gasteiger partial charge < -0.3 is 19.5 Å². The van der Waals surface area contributed by atoms with Gasteiger partial charge >= 0.3 is 0 Å². The monoisotopic (exact) mass is 493 g/mol.